The highest BCUT2D eigenvalue weighted by Gasteiger charge is 2.35. The van der Waals surface area contributed by atoms with E-state index in [0.29, 0.717) is 0 Å². The third-order valence-electron chi connectivity index (χ3n) is 2.06. The van der Waals surface area contributed by atoms with Gasteiger partial charge in [0, 0.05) is 24.3 Å². The number of pyridine rings is 1. The largest absolute Gasteiger partial charge is 0.419 e. The van der Waals surface area contributed by atoms with Crippen LogP contribution in [0.15, 0.2) is 16.7 Å². The van der Waals surface area contributed by atoms with Gasteiger partial charge in [0.05, 0.1) is 18.1 Å². The first-order valence-corrected chi connectivity index (χ1v) is 5.46. The topological polar surface area (TPSA) is 39.9 Å². The van der Waals surface area contributed by atoms with Crippen LogP contribution in [0.5, 0.6) is 0 Å². The molecule has 0 amide bonds. The van der Waals surface area contributed by atoms with Crippen molar-refractivity contribution < 1.29 is 13.2 Å². The number of halogens is 4. The molecule has 17 heavy (non-hydrogen) atoms. The second-order valence-corrected chi connectivity index (χ2v) is 4.27. The molecule has 0 bridgehead atoms. The lowest BCUT2D eigenvalue weighted by Crippen LogP contribution is -2.23. The quantitative estimate of drug-likeness (QED) is 0.861. The molecule has 3 nitrogen and oxygen atoms in total. The molecule has 92 valence electrons. The van der Waals surface area contributed by atoms with Crippen molar-refractivity contribution in [1.29, 1.82) is 5.26 Å². The van der Waals surface area contributed by atoms with Gasteiger partial charge in [-0.25, -0.2) is 4.98 Å². The van der Waals surface area contributed by atoms with Crippen LogP contribution in [0.1, 0.15) is 12.0 Å². The number of alkyl halides is 3. The average Bonchev–Trinajstić information content (AvgIpc) is 2.24. The van der Waals surface area contributed by atoms with Crippen molar-refractivity contribution >= 4 is 21.7 Å². The third kappa shape index (κ3) is 3.60. The van der Waals surface area contributed by atoms with Crippen LogP contribution in [0.4, 0.5) is 19.0 Å². The minimum absolute atomic E-state index is 0.144. The van der Waals surface area contributed by atoms with Crippen LogP contribution in [-0.2, 0) is 6.18 Å². The molecule has 0 radical (unpaired) electrons. The monoisotopic (exact) mass is 307 g/mol. The summed E-state index contributed by atoms with van der Waals surface area (Å²) in [6.07, 6.45) is -3.02. The Hall–Kier alpha value is -1.29. The average molecular weight is 308 g/mol. The van der Waals surface area contributed by atoms with Gasteiger partial charge >= 0.3 is 6.18 Å². The molecule has 1 rings (SSSR count). The maximum atomic E-state index is 12.8. The summed E-state index contributed by atoms with van der Waals surface area (Å²) in [6, 6.07) is 2.86. The van der Waals surface area contributed by atoms with E-state index in [1.165, 1.54) is 18.1 Å². The number of hydrogen-bond donors (Lipinski definition) is 0. The molecule has 1 aromatic heterocycles. The molecule has 0 aliphatic rings. The van der Waals surface area contributed by atoms with Crippen LogP contribution in [0.3, 0.4) is 0 Å². The SMILES string of the molecule is CN(CCC#N)c1ncc(Br)cc1C(F)(F)F. The molecule has 0 N–H and O–H groups in total. The molecule has 0 aromatic carbocycles. The van der Waals surface area contributed by atoms with Gasteiger partial charge in [0.15, 0.2) is 0 Å². The first-order valence-electron chi connectivity index (χ1n) is 4.67. The lowest BCUT2D eigenvalue weighted by Gasteiger charge is -2.21. The van der Waals surface area contributed by atoms with Gasteiger partial charge in [-0.3, -0.25) is 0 Å². The van der Waals surface area contributed by atoms with E-state index in [1.54, 1.807) is 0 Å². The molecule has 0 atom stereocenters. The van der Waals surface area contributed by atoms with E-state index < -0.39 is 11.7 Å². The summed E-state index contributed by atoms with van der Waals surface area (Å²) >= 11 is 2.96. The van der Waals surface area contributed by atoms with Crippen LogP contribution < -0.4 is 4.90 Å². The fourth-order valence-electron chi connectivity index (χ4n) is 1.27. The summed E-state index contributed by atoms with van der Waals surface area (Å²) in [7, 11) is 1.48. The number of nitriles is 1. The Morgan fingerprint density at radius 2 is 2.18 bits per heavy atom. The fourth-order valence-corrected chi connectivity index (χ4v) is 1.60. The van der Waals surface area contributed by atoms with E-state index in [1.807, 2.05) is 6.07 Å². The first-order chi connectivity index (χ1) is 7.86. The van der Waals surface area contributed by atoms with Crippen molar-refractivity contribution in [2.45, 2.75) is 12.6 Å². The van der Waals surface area contributed by atoms with E-state index in [-0.39, 0.29) is 23.3 Å². The zero-order valence-electron chi connectivity index (χ0n) is 8.92. The van der Waals surface area contributed by atoms with Gasteiger partial charge < -0.3 is 4.90 Å². The Labute approximate surface area is 105 Å². The van der Waals surface area contributed by atoms with Gasteiger partial charge in [0.25, 0.3) is 0 Å². The highest BCUT2D eigenvalue weighted by molar-refractivity contribution is 9.10. The Kier molecular flexibility index (Phi) is 4.34. The van der Waals surface area contributed by atoms with E-state index in [4.69, 9.17) is 5.26 Å². The first kappa shape index (κ1) is 13.8. The van der Waals surface area contributed by atoms with Gasteiger partial charge in [-0.05, 0) is 22.0 Å². The van der Waals surface area contributed by atoms with Crippen molar-refractivity contribution in [1.82, 2.24) is 4.98 Å². The van der Waals surface area contributed by atoms with Gasteiger partial charge in [-0.1, -0.05) is 0 Å². The maximum Gasteiger partial charge on any atom is 0.419 e. The second kappa shape index (κ2) is 5.36. The smallest absolute Gasteiger partial charge is 0.358 e. The molecule has 0 fully saturated rings. The van der Waals surface area contributed by atoms with Crippen molar-refractivity contribution in [2.75, 3.05) is 18.5 Å². The van der Waals surface area contributed by atoms with Crippen LogP contribution in [0.2, 0.25) is 0 Å². The Morgan fingerprint density at radius 3 is 2.71 bits per heavy atom. The van der Waals surface area contributed by atoms with Crippen LogP contribution in [0, 0.1) is 11.3 Å². The van der Waals surface area contributed by atoms with Crippen LogP contribution in [-0.4, -0.2) is 18.6 Å². The van der Waals surface area contributed by atoms with E-state index >= 15 is 0 Å². The molecular formula is C10H9BrF3N3. The third-order valence-corrected chi connectivity index (χ3v) is 2.49. The van der Waals surface area contributed by atoms with Crippen LogP contribution >= 0.6 is 15.9 Å². The van der Waals surface area contributed by atoms with Gasteiger partial charge in [0.2, 0.25) is 0 Å². The minimum Gasteiger partial charge on any atom is -0.358 e. The van der Waals surface area contributed by atoms with Crippen molar-refractivity contribution in [2.24, 2.45) is 0 Å². The molecule has 0 spiro atoms. The fraction of sp³-hybridized carbons (Fsp3) is 0.400. The summed E-state index contributed by atoms with van der Waals surface area (Å²) in [5, 5.41) is 8.41. The Morgan fingerprint density at radius 1 is 1.53 bits per heavy atom. The molecule has 0 aliphatic carbocycles. The summed E-state index contributed by atoms with van der Waals surface area (Å²) in [6.45, 7) is 0.203. The second-order valence-electron chi connectivity index (χ2n) is 3.35. The van der Waals surface area contributed by atoms with Crippen LogP contribution in [0.25, 0.3) is 0 Å². The van der Waals surface area contributed by atoms with Crippen molar-refractivity contribution in [3.63, 3.8) is 0 Å². The summed E-state index contributed by atoms with van der Waals surface area (Å²) in [5.74, 6) is -0.170. The summed E-state index contributed by atoms with van der Waals surface area (Å²) in [4.78, 5) is 5.07. The molecule has 0 saturated carbocycles. The molecular weight excluding hydrogens is 299 g/mol. The summed E-state index contributed by atoms with van der Waals surface area (Å²) in [5.41, 5.74) is -0.813. The zero-order chi connectivity index (χ0) is 13.1. The predicted molar refractivity (Wildman–Crippen MR) is 60.4 cm³/mol. The van der Waals surface area contributed by atoms with Gasteiger partial charge in [-0.2, -0.15) is 18.4 Å². The number of anilines is 1. The zero-order valence-corrected chi connectivity index (χ0v) is 10.5. The lowest BCUT2D eigenvalue weighted by molar-refractivity contribution is -0.137. The molecule has 7 heteroatoms. The maximum absolute atomic E-state index is 12.8. The van der Waals surface area contributed by atoms with E-state index in [2.05, 4.69) is 20.9 Å². The molecule has 1 heterocycles. The number of hydrogen-bond acceptors (Lipinski definition) is 3. The molecule has 0 aliphatic heterocycles. The summed E-state index contributed by atoms with van der Waals surface area (Å²) < 4.78 is 38.5. The molecule has 0 saturated heterocycles. The molecule has 0 unspecified atom stereocenters. The minimum atomic E-state index is -4.47. The highest BCUT2D eigenvalue weighted by atomic mass is 79.9. The Balaban J connectivity index is 3.11. The Bertz CT molecular complexity index is 439. The van der Waals surface area contributed by atoms with Gasteiger partial charge in [-0.15, -0.1) is 0 Å². The number of aromatic nitrogens is 1. The lowest BCUT2D eigenvalue weighted by atomic mass is 10.2. The van der Waals surface area contributed by atoms with Gasteiger partial charge in [0.1, 0.15) is 5.82 Å². The van der Waals surface area contributed by atoms with E-state index in [9.17, 15) is 13.2 Å². The standard InChI is InChI=1S/C10H9BrF3N3/c1-17(4-2-3-15)9-8(10(12,13)14)5-7(11)6-16-9/h5-6H,2,4H2,1H3. The van der Waals surface area contributed by atoms with Crippen molar-refractivity contribution in [3.8, 4) is 6.07 Å². The molecule has 1 aromatic rings. The van der Waals surface area contributed by atoms with Crippen molar-refractivity contribution in [3.05, 3.63) is 22.3 Å². The number of rotatable bonds is 3. The predicted octanol–water partition coefficient (Wildman–Crippen LogP) is 3.21. The normalized spacial score (nSPS) is 11.1. The van der Waals surface area contributed by atoms with E-state index in [0.717, 1.165) is 6.07 Å². The highest BCUT2D eigenvalue weighted by Crippen LogP contribution is 2.36. The number of nitrogens with zero attached hydrogens (tertiary/aromatic N) is 3.